The largest absolute Gasteiger partial charge is 0.335 e. The molecule has 1 saturated heterocycles. The number of rotatable bonds is 4. The molecule has 0 bridgehead atoms. The van der Waals surface area contributed by atoms with Crippen molar-refractivity contribution in [1.82, 2.24) is 9.62 Å². The number of hydrogen-bond acceptors (Lipinski definition) is 3. The van der Waals surface area contributed by atoms with Crippen molar-refractivity contribution in [3.05, 3.63) is 59.4 Å². The predicted molar refractivity (Wildman–Crippen MR) is 102 cm³/mol. The number of halogens is 2. The van der Waals surface area contributed by atoms with Gasteiger partial charge in [0.1, 0.15) is 5.82 Å². The van der Waals surface area contributed by atoms with Gasteiger partial charge in [-0.1, -0.05) is 11.6 Å². The molecule has 0 aliphatic carbocycles. The first-order chi connectivity index (χ1) is 12.8. The highest BCUT2D eigenvalue weighted by molar-refractivity contribution is 7.89. The van der Waals surface area contributed by atoms with Crippen LogP contribution in [0, 0.1) is 5.82 Å². The first-order valence-corrected chi connectivity index (χ1v) is 10.3. The standard InChI is InChI=1S/C18H19ClFN3O3S/c19-13-1-7-17(8-2-13)27(25,26)23-11-9-16(10-12-23)22-18(24)21-15-5-3-14(20)4-6-15/h1-8,16H,9-12H2,(H2,21,22,24). The number of nitrogens with zero attached hydrogens (tertiary/aromatic N) is 1. The Bertz CT molecular complexity index is 896. The van der Waals surface area contributed by atoms with E-state index >= 15 is 0 Å². The Kier molecular flexibility index (Phi) is 5.98. The van der Waals surface area contributed by atoms with Crippen molar-refractivity contribution < 1.29 is 17.6 Å². The van der Waals surface area contributed by atoms with Gasteiger partial charge in [0, 0.05) is 29.8 Å². The third kappa shape index (κ3) is 4.97. The van der Waals surface area contributed by atoms with Crippen LogP contribution in [0.25, 0.3) is 0 Å². The number of carbonyl (C=O) groups excluding carboxylic acids is 1. The van der Waals surface area contributed by atoms with Crippen LogP contribution in [0.2, 0.25) is 5.02 Å². The van der Waals surface area contributed by atoms with Gasteiger partial charge in [-0.15, -0.1) is 0 Å². The average Bonchev–Trinajstić information content (AvgIpc) is 2.64. The second-order valence-electron chi connectivity index (χ2n) is 6.24. The van der Waals surface area contributed by atoms with Gasteiger partial charge < -0.3 is 10.6 Å². The fourth-order valence-corrected chi connectivity index (χ4v) is 4.48. The lowest BCUT2D eigenvalue weighted by atomic mass is 10.1. The maximum Gasteiger partial charge on any atom is 0.319 e. The minimum atomic E-state index is -3.57. The topological polar surface area (TPSA) is 78.5 Å². The van der Waals surface area contributed by atoms with E-state index in [1.165, 1.54) is 40.7 Å². The Labute approximate surface area is 162 Å². The Balaban J connectivity index is 1.53. The molecule has 0 atom stereocenters. The summed E-state index contributed by atoms with van der Waals surface area (Å²) in [5.41, 5.74) is 0.483. The van der Waals surface area contributed by atoms with Crippen LogP contribution in [0.5, 0.6) is 0 Å². The lowest BCUT2D eigenvalue weighted by Crippen LogP contribution is -2.47. The zero-order valence-electron chi connectivity index (χ0n) is 14.4. The summed E-state index contributed by atoms with van der Waals surface area (Å²) >= 11 is 5.81. The van der Waals surface area contributed by atoms with E-state index in [1.807, 2.05) is 0 Å². The average molecular weight is 412 g/mol. The predicted octanol–water partition coefficient (Wildman–Crippen LogP) is 3.45. The third-order valence-corrected chi connectivity index (χ3v) is 6.51. The van der Waals surface area contributed by atoms with E-state index in [2.05, 4.69) is 10.6 Å². The smallest absolute Gasteiger partial charge is 0.319 e. The molecule has 1 heterocycles. The van der Waals surface area contributed by atoms with Crippen molar-refractivity contribution in [2.24, 2.45) is 0 Å². The van der Waals surface area contributed by atoms with Gasteiger partial charge in [0.2, 0.25) is 10.0 Å². The Morgan fingerprint density at radius 2 is 1.63 bits per heavy atom. The molecule has 1 aliphatic rings. The second-order valence-corrected chi connectivity index (χ2v) is 8.61. The molecule has 6 nitrogen and oxygen atoms in total. The van der Waals surface area contributed by atoms with Gasteiger partial charge in [0.25, 0.3) is 0 Å². The Morgan fingerprint density at radius 1 is 1.04 bits per heavy atom. The fraction of sp³-hybridized carbons (Fsp3) is 0.278. The van der Waals surface area contributed by atoms with Crippen molar-refractivity contribution in [3.63, 3.8) is 0 Å². The summed E-state index contributed by atoms with van der Waals surface area (Å²) in [6.45, 7) is 0.624. The SMILES string of the molecule is O=C(Nc1ccc(F)cc1)NC1CCN(S(=O)(=O)c2ccc(Cl)cc2)CC1. The molecule has 0 radical (unpaired) electrons. The molecular weight excluding hydrogens is 393 g/mol. The summed E-state index contributed by atoms with van der Waals surface area (Å²) in [4.78, 5) is 12.2. The van der Waals surface area contributed by atoms with Gasteiger partial charge in [-0.3, -0.25) is 0 Å². The highest BCUT2D eigenvalue weighted by atomic mass is 35.5. The molecule has 2 aromatic rings. The summed E-state index contributed by atoms with van der Waals surface area (Å²) in [5, 5.41) is 5.92. The number of hydrogen-bond donors (Lipinski definition) is 2. The van der Waals surface area contributed by atoms with Crippen molar-refractivity contribution in [2.75, 3.05) is 18.4 Å². The summed E-state index contributed by atoms with van der Waals surface area (Å²) < 4.78 is 39.6. The van der Waals surface area contributed by atoms with Gasteiger partial charge >= 0.3 is 6.03 Å². The minimum Gasteiger partial charge on any atom is -0.335 e. The van der Waals surface area contributed by atoms with E-state index in [9.17, 15) is 17.6 Å². The number of carbonyl (C=O) groups is 1. The second kappa shape index (κ2) is 8.24. The van der Waals surface area contributed by atoms with Gasteiger partial charge in [-0.2, -0.15) is 4.31 Å². The maximum absolute atomic E-state index is 12.9. The molecule has 3 rings (SSSR count). The number of sulfonamides is 1. The zero-order valence-corrected chi connectivity index (χ0v) is 15.9. The summed E-state index contributed by atoms with van der Waals surface area (Å²) in [5.74, 6) is -0.379. The van der Waals surface area contributed by atoms with E-state index in [-0.39, 0.29) is 16.8 Å². The lowest BCUT2D eigenvalue weighted by molar-refractivity contribution is 0.238. The van der Waals surface area contributed by atoms with Crippen molar-refractivity contribution >= 4 is 33.3 Å². The van der Waals surface area contributed by atoms with Crippen molar-refractivity contribution in [2.45, 2.75) is 23.8 Å². The number of benzene rings is 2. The summed E-state index contributed by atoms with van der Waals surface area (Å²) in [6.07, 6.45) is 1.01. The first kappa shape index (κ1) is 19.6. The monoisotopic (exact) mass is 411 g/mol. The molecule has 27 heavy (non-hydrogen) atoms. The number of amides is 2. The number of urea groups is 1. The highest BCUT2D eigenvalue weighted by Crippen LogP contribution is 2.22. The Hall–Kier alpha value is -2.16. The Morgan fingerprint density at radius 3 is 2.22 bits per heavy atom. The van der Waals surface area contributed by atoms with Crippen LogP contribution in [0.15, 0.2) is 53.4 Å². The molecule has 1 aliphatic heterocycles. The van der Waals surface area contributed by atoms with Gasteiger partial charge in [0.15, 0.2) is 0 Å². The van der Waals surface area contributed by atoms with E-state index in [1.54, 1.807) is 12.1 Å². The molecule has 0 spiro atoms. The van der Waals surface area contributed by atoms with Crippen LogP contribution in [-0.2, 0) is 10.0 Å². The fourth-order valence-electron chi connectivity index (χ4n) is 2.88. The van der Waals surface area contributed by atoms with Gasteiger partial charge in [-0.05, 0) is 61.4 Å². The van der Waals surface area contributed by atoms with Crippen LogP contribution in [0.4, 0.5) is 14.9 Å². The van der Waals surface area contributed by atoms with E-state index in [0.717, 1.165) is 0 Å². The number of nitrogens with one attached hydrogen (secondary N) is 2. The maximum atomic E-state index is 12.9. The van der Waals surface area contributed by atoms with Gasteiger partial charge in [0.05, 0.1) is 4.90 Å². The van der Waals surface area contributed by atoms with E-state index in [0.29, 0.717) is 36.6 Å². The number of piperidine rings is 1. The van der Waals surface area contributed by atoms with Crippen LogP contribution in [0.1, 0.15) is 12.8 Å². The number of anilines is 1. The molecule has 2 amide bonds. The van der Waals surface area contributed by atoms with Crippen LogP contribution < -0.4 is 10.6 Å². The molecule has 144 valence electrons. The summed E-state index contributed by atoms with van der Waals surface area (Å²) in [7, 11) is -3.57. The molecule has 2 N–H and O–H groups in total. The van der Waals surface area contributed by atoms with Crippen molar-refractivity contribution in [1.29, 1.82) is 0 Å². The molecule has 1 fully saturated rings. The third-order valence-electron chi connectivity index (χ3n) is 4.34. The van der Waals surface area contributed by atoms with Crippen LogP contribution in [-0.4, -0.2) is 37.9 Å². The zero-order chi connectivity index (χ0) is 19.4. The minimum absolute atomic E-state index is 0.137. The van der Waals surface area contributed by atoms with E-state index < -0.39 is 16.1 Å². The van der Waals surface area contributed by atoms with Crippen LogP contribution >= 0.6 is 11.6 Å². The van der Waals surface area contributed by atoms with Crippen LogP contribution in [0.3, 0.4) is 0 Å². The summed E-state index contributed by atoms with van der Waals surface area (Å²) in [6, 6.07) is 11.0. The quantitative estimate of drug-likeness (QED) is 0.808. The molecule has 0 unspecified atom stereocenters. The lowest BCUT2D eigenvalue weighted by Gasteiger charge is -2.31. The van der Waals surface area contributed by atoms with Crippen molar-refractivity contribution in [3.8, 4) is 0 Å². The highest BCUT2D eigenvalue weighted by Gasteiger charge is 2.29. The van der Waals surface area contributed by atoms with Gasteiger partial charge in [-0.25, -0.2) is 17.6 Å². The molecule has 0 aromatic heterocycles. The molecule has 0 saturated carbocycles. The molecule has 9 heteroatoms. The normalized spacial score (nSPS) is 16.1. The first-order valence-electron chi connectivity index (χ1n) is 8.43. The van der Waals surface area contributed by atoms with E-state index in [4.69, 9.17) is 11.6 Å². The molecule has 2 aromatic carbocycles. The molecular formula is C18H19ClFN3O3S.